The number of carbonyl (C=O) groups excluding carboxylic acids is 2. The fraction of sp³-hybridized carbons (Fsp3) is 0.476. The van der Waals surface area contributed by atoms with Crippen molar-refractivity contribution in [3.05, 3.63) is 57.3 Å². The summed E-state index contributed by atoms with van der Waals surface area (Å²) in [5.74, 6) is -0.616. The fourth-order valence-corrected chi connectivity index (χ4v) is 2.93. The second kappa shape index (κ2) is 12.5. The van der Waals surface area contributed by atoms with Crippen molar-refractivity contribution in [2.75, 3.05) is 40.5 Å². The molecule has 11 nitrogen and oxygen atoms in total. The molecule has 32 heavy (non-hydrogen) atoms. The van der Waals surface area contributed by atoms with Crippen LogP contribution in [-0.4, -0.2) is 67.1 Å². The summed E-state index contributed by atoms with van der Waals surface area (Å²) in [4.78, 5) is 41.6. The minimum atomic E-state index is -0.521. The van der Waals surface area contributed by atoms with E-state index in [9.17, 15) is 19.7 Å². The molecule has 0 fully saturated rings. The van der Waals surface area contributed by atoms with Gasteiger partial charge in [0.2, 0.25) is 5.89 Å². The van der Waals surface area contributed by atoms with E-state index in [1.807, 2.05) is 0 Å². The second-order valence-electron chi connectivity index (χ2n) is 7.06. The molecule has 1 N–H and O–H groups in total. The summed E-state index contributed by atoms with van der Waals surface area (Å²) in [5.41, 5.74) is 0.623. The molecule has 0 atom stereocenters. The van der Waals surface area contributed by atoms with Gasteiger partial charge in [-0.1, -0.05) is 6.07 Å². The van der Waals surface area contributed by atoms with Gasteiger partial charge >= 0.3 is 0 Å². The Balaban J connectivity index is 2.13. The van der Waals surface area contributed by atoms with Crippen molar-refractivity contribution in [3.8, 4) is 0 Å². The van der Waals surface area contributed by atoms with Gasteiger partial charge in [0.05, 0.1) is 11.5 Å². The van der Waals surface area contributed by atoms with Crippen LogP contribution in [0.4, 0.5) is 5.69 Å². The summed E-state index contributed by atoms with van der Waals surface area (Å²) in [6.07, 6.45) is 2.44. The molecule has 11 heteroatoms. The molecule has 0 bridgehead atoms. The molecule has 0 saturated heterocycles. The predicted molar refractivity (Wildman–Crippen MR) is 114 cm³/mol. The summed E-state index contributed by atoms with van der Waals surface area (Å²) in [6.45, 7) is 3.31. The number of nitrogens with one attached hydrogen (secondary N) is 1. The highest BCUT2D eigenvalue weighted by Crippen LogP contribution is 2.21. The summed E-state index contributed by atoms with van der Waals surface area (Å²) < 4.78 is 15.4. The van der Waals surface area contributed by atoms with Crippen molar-refractivity contribution >= 4 is 17.5 Å². The van der Waals surface area contributed by atoms with Crippen LogP contribution in [0.5, 0.6) is 0 Å². The number of nitrogens with zero attached hydrogens (tertiary/aromatic N) is 3. The number of carbonyl (C=O) groups is 2. The van der Waals surface area contributed by atoms with Gasteiger partial charge in [-0.2, -0.15) is 0 Å². The van der Waals surface area contributed by atoms with Crippen LogP contribution in [0, 0.1) is 17.0 Å². The van der Waals surface area contributed by atoms with Crippen LogP contribution in [-0.2, 0) is 16.0 Å². The highest BCUT2D eigenvalue weighted by Gasteiger charge is 2.22. The molecule has 2 rings (SSSR count). The van der Waals surface area contributed by atoms with Crippen molar-refractivity contribution in [1.29, 1.82) is 0 Å². The first-order valence-electron chi connectivity index (χ1n) is 10.1. The van der Waals surface area contributed by atoms with Gasteiger partial charge in [-0.3, -0.25) is 19.7 Å². The van der Waals surface area contributed by atoms with E-state index in [1.54, 1.807) is 27.2 Å². The Kier molecular flexibility index (Phi) is 9.76. The zero-order valence-corrected chi connectivity index (χ0v) is 18.5. The van der Waals surface area contributed by atoms with Crippen LogP contribution in [0.3, 0.4) is 0 Å². The van der Waals surface area contributed by atoms with E-state index < -0.39 is 10.8 Å². The van der Waals surface area contributed by atoms with E-state index in [0.717, 1.165) is 0 Å². The molecule has 0 aliphatic rings. The first-order chi connectivity index (χ1) is 15.4. The number of methoxy groups -OCH3 is 2. The van der Waals surface area contributed by atoms with E-state index in [1.165, 1.54) is 23.3 Å². The number of aryl methyl sites for hydroxylation is 1. The second-order valence-corrected chi connectivity index (χ2v) is 7.06. The molecular weight excluding hydrogens is 420 g/mol. The maximum atomic E-state index is 13.1. The maximum Gasteiger partial charge on any atom is 0.273 e. The highest BCUT2D eigenvalue weighted by molar-refractivity contribution is 5.95. The Bertz CT molecular complexity index is 929. The van der Waals surface area contributed by atoms with Crippen molar-refractivity contribution in [2.24, 2.45) is 0 Å². The molecule has 0 unspecified atom stereocenters. The SMILES string of the molecule is COCCCNC(=O)c1coc(CN(CCCOC)C(=O)c2ccc(C)c([N+](=O)[O-])c2)n1. The molecule has 0 spiro atoms. The molecule has 1 heterocycles. The number of oxazole rings is 1. The standard InChI is InChI=1S/C21H28N4O7/c1-15-6-7-16(12-18(15)25(28)29)21(27)24(9-5-11-31-3)13-19-23-17(14-32-19)20(26)22-8-4-10-30-2/h6-7,12,14H,4-5,8-11,13H2,1-3H3,(H,22,26). The van der Waals surface area contributed by atoms with Crippen molar-refractivity contribution in [3.63, 3.8) is 0 Å². The third kappa shape index (κ3) is 7.13. The monoisotopic (exact) mass is 448 g/mol. The lowest BCUT2D eigenvalue weighted by Gasteiger charge is -2.21. The van der Waals surface area contributed by atoms with Gasteiger partial charge in [-0.15, -0.1) is 0 Å². The van der Waals surface area contributed by atoms with Gasteiger partial charge in [0.15, 0.2) is 5.69 Å². The van der Waals surface area contributed by atoms with Crippen molar-refractivity contribution in [2.45, 2.75) is 26.3 Å². The number of nitro groups is 1. The Labute approximate surface area is 185 Å². The Morgan fingerprint density at radius 3 is 2.62 bits per heavy atom. The maximum absolute atomic E-state index is 13.1. The zero-order chi connectivity index (χ0) is 23.5. The van der Waals surface area contributed by atoms with Crippen LogP contribution in [0.1, 0.15) is 45.1 Å². The highest BCUT2D eigenvalue weighted by atomic mass is 16.6. The quantitative estimate of drug-likeness (QED) is 0.280. The van der Waals surface area contributed by atoms with E-state index in [4.69, 9.17) is 13.9 Å². The Hall–Kier alpha value is -3.31. The van der Waals surface area contributed by atoms with Crippen LogP contribution < -0.4 is 5.32 Å². The number of ether oxygens (including phenoxy) is 2. The smallest absolute Gasteiger partial charge is 0.273 e. The Morgan fingerprint density at radius 1 is 1.22 bits per heavy atom. The molecule has 1 aromatic carbocycles. The zero-order valence-electron chi connectivity index (χ0n) is 18.5. The lowest BCUT2D eigenvalue weighted by atomic mass is 10.1. The first kappa shape index (κ1) is 25.0. The molecule has 174 valence electrons. The van der Waals surface area contributed by atoms with Crippen LogP contribution in [0.2, 0.25) is 0 Å². The Morgan fingerprint density at radius 2 is 1.94 bits per heavy atom. The van der Waals surface area contributed by atoms with Gasteiger partial charge in [0.25, 0.3) is 17.5 Å². The third-order valence-electron chi connectivity index (χ3n) is 4.64. The first-order valence-corrected chi connectivity index (χ1v) is 10.1. The van der Waals surface area contributed by atoms with Crippen LogP contribution in [0.15, 0.2) is 28.9 Å². The number of benzene rings is 1. The summed E-state index contributed by atoms with van der Waals surface area (Å²) in [5, 5.41) is 14.0. The summed E-state index contributed by atoms with van der Waals surface area (Å²) >= 11 is 0. The molecular formula is C21H28N4O7. The summed E-state index contributed by atoms with van der Waals surface area (Å²) in [7, 11) is 3.14. The minimum Gasteiger partial charge on any atom is -0.446 e. The van der Waals surface area contributed by atoms with Gasteiger partial charge in [-0.05, 0) is 25.8 Å². The summed E-state index contributed by atoms with van der Waals surface area (Å²) in [6, 6.07) is 4.34. The normalized spacial score (nSPS) is 10.7. The fourth-order valence-electron chi connectivity index (χ4n) is 2.93. The van der Waals surface area contributed by atoms with Gasteiger partial charge in [0.1, 0.15) is 6.26 Å². The van der Waals surface area contributed by atoms with E-state index in [2.05, 4.69) is 10.3 Å². The molecule has 1 aromatic heterocycles. The average molecular weight is 448 g/mol. The lowest BCUT2D eigenvalue weighted by molar-refractivity contribution is -0.385. The molecule has 0 aliphatic heterocycles. The van der Waals surface area contributed by atoms with E-state index in [0.29, 0.717) is 44.7 Å². The molecule has 2 amide bonds. The number of rotatable bonds is 13. The number of hydrogen-bond donors (Lipinski definition) is 1. The van der Waals surface area contributed by atoms with Crippen LogP contribution >= 0.6 is 0 Å². The topological polar surface area (TPSA) is 137 Å². The number of hydrogen-bond acceptors (Lipinski definition) is 8. The van der Waals surface area contributed by atoms with Crippen molar-refractivity contribution < 1.29 is 28.4 Å². The van der Waals surface area contributed by atoms with Crippen molar-refractivity contribution in [1.82, 2.24) is 15.2 Å². The molecule has 0 saturated carbocycles. The van der Waals surface area contributed by atoms with Gasteiger partial charge < -0.3 is 24.1 Å². The predicted octanol–water partition coefficient (Wildman–Crippen LogP) is 2.34. The molecule has 0 radical (unpaired) electrons. The number of amides is 2. The van der Waals surface area contributed by atoms with E-state index >= 15 is 0 Å². The average Bonchev–Trinajstić information content (AvgIpc) is 3.24. The number of aromatic nitrogens is 1. The van der Waals surface area contributed by atoms with Gasteiger partial charge in [-0.25, -0.2) is 4.98 Å². The minimum absolute atomic E-state index is 0.00117. The molecule has 0 aliphatic carbocycles. The van der Waals surface area contributed by atoms with Crippen LogP contribution in [0.25, 0.3) is 0 Å². The lowest BCUT2D eigenvalue weighted by Crippen LogP contribution is -2.32. The van der Waals surface area contributed by atoms with Gasteiger partial charge in [0, 0.05) is 57.7 Å². The largest absolute Gasteiger partial charge is 0.446 e. The molecule has 2 aromatic rings. The number of nitro benzene ring substituents is 1. The van der Waals surface area contributed by atoms with E-state index in [-0.39, 0.29) is 35.3 Å². The third-order valence-corrected chi connectivity index (χ3v) is 4.64.